The lowest BCUT2D eigenvalue weighted by Gasteiger charge is -2.15. The van der Waals surface area contributed by atoms with Gasteiger partial charge < -0.3 is 15.2 Å². The number of nitrogen functional groups attached to an aromatic ring is 1. The van der Waals surface area contributed by atoms with Crippen LogP contribution in [-0.4, -0.2) is 50.6 Å². The van der Waals surface area contributed by atoms with Crippen LogP contribution in [0.4, 0.5) is 18.9 Å². The summed E-state index contributed by atoms with van der Waals surface area (Å²) in [5.74, 6) is -2.64. The van der Waals surface area contributed by atoms with Crippen molar-refractivity contribution in [2.45, 2.75) is 44.8 Å². The Morgan fingerprint density at radius 3 is 2.46 bits per heavy atom. The lowest BCUT2D eigenvalue weighted by Crippen LogP contribution is -2.22. The highest BCUT2D eigenvalue weighted by Crippen LogP contribution is 2.30. The highest BCUT2D eigenvalue weighted by atomic mass is 28.3. The van der Waals surface area contributed by atoms with Gasteiger partial charge in [-0.15, -0.1) is 0 Å². The van der Waals surface area contributed by atoms with Gasteiger partial charge in [0.1, 0.15) is 13.4 Å². The number of anilines is 1. The molecule has 0 amide bonds. The minimum absolute atomic E-state index is 0.151. The van der Waals surface area contributed by atoms with E-state index in [0.717, 1.165) is 17.8 Å². The van der Waals surface area contributed by atoms with Crippen molar-refractivity contribution in [3.8, 4) is 0 Å². The van der Waals surface area contributed by atoms with Crippen molar-refractivity contribution in [1.29, 1.82) is 0 Å². The number of nitrogens with zero attached hydrogens (tertiary/aromatic N) is 2. The van der Waals surface area contributed by atoms with Crippen molar-refractivity contribution >= 4 is 19.7 Å². The molecular formula is C14H24F3N3O3Si. The highest BCUT2D eigenvalue weighted by molar-refractivity contribution is 6.76. The van der Waals surface area contributed by atoms with E-state index in [1.807, 2.05) is 0 Å². The molecule has 1 aromatic heterocycles. The number of esters is 1. The van der Waals surface area contributed by atoms with E-state index in [1.54, 1.807) is 0 Å². The van der Waals surface area contributed by atoms with Gasteiger partial charge in [0.25, 0.3) is 0 Å². The number of hydrogen-bond acceptors (Lipinski definition) is 5. The number of rotatable bonds is 9. The molecule has 1 aromatic rings. The Labute approximate surface area is 140 Å². The number of methoxy groups -OCH3 is 1. The summed E-state index contributed by atoms with van der Waals surface area (Å²) in [5.41, 5.74) is 4.86. The first-order valence-electron chi connectivity index (χ1n) is 7.48. The molecule has 10 heteroatoms. The molecular weight excluding hydrogens is 343 g/mol. The predicted molar refractivity (Wildman–Crippen MR) is 86.8 cm³/mol. The van der Waals surface area contributed by atoms with Gasteiger partial charge in [0.05, 0.1) is 24.4 Å². The third kappa shape index (κ3) is 5.23. The Kier molecular flexibility index (Phi) is 7.27. The van der Waals surface area contributed by atoms with E-state index in [2.05, 4.69) is 29.5 Å². The number of halogens is 3. The average Bonchev–Trinajstić information content (AvgIpc) is 2.79. The number of alkyl halides is 3. The summed E-state index contributed by atoms with van der Waals surface area (Å²) in [6, 6.07) is 0.883. The molecule has 6 nitrogen and oxygen atoms in total. The normalized spacial score (nSPS) is 13.3. The van der Waals surface area contributed by atoms with Crippen LogP contribution in [0.2, 0.25) is 25.7 Å². The van der Waals surface area contributed by atoms with Crippen LogP contribution in [0.15, 0.2) is 0 Å². The van der Waals surface area contributed by atoms with Crippen LogP contribution in [-0.2, 0) is 16.2 Å². The highest BCUT2D eigenvalue weighted by Gasteiger charge is 2.32. The van der Waals surface area contributed by atoms with Gasteiger partial charge in [-0.2, -0.15) is 5.10 Å². The summed E-state index contributed by atoms with van der Waals surface area (Å²) in [6.07, 6.45) is -2.99. The van der Waals surface area contributed by atoms with Gasteiger partial charge in [-0.05, 0) is 6.04 Å². The number of carbonyl (C=O) groups is 1. The van der Waals surface area contributed by atoms with E-state index in [4.69, 9.17) is 10.5 Å². The maximum absolute atomic E-state index is 12.9. The van der Waals surface area contributed by atoms with E-state index < -0.39 is 33.1 Å². The van der Waals surface area contributed by atoms with Crippen molar-refractivity contribution in [2.24, 2.45) is 0 Å². The van der Waals surface area contributed by atoms with E-state index in [0.29, 0.717) is 6.61 Å². The van der Waals surface area contributed by atoms with Gasteiger partial charge in [-0.25, -0.2) is 18.3 Å². The third-order valence-corrected chi connectivity index (χ3v) is 5.13. The molecule has 138 valence electrons. The molecule has 2 N–H and O–H groups in total. The van der Waals surface area contributed by atoms with Crippen LogP contribution in [0.25, 0.3) is 0 Å². The van der Waals surface area contributed by atoms with Crippen LogP contribution < -0.4 is 5.73 Å². The number of ether oxygens (including phenoxy) is 2. The van der Waals surface area contributed by atoms with Gasteiger partial charge in [0.2, 0.25) is 6.43 Å². The first-order chi connectivity index (χ1) is 11.1. The standard InChI is InChI=1S/C14H24F3N3O3Si/c1-22-14(21)12-10(18)11(9(7-15)13(16)17)19-20(12)8-23-5-6-24(2,3)4/h9,13H,5-8,18H2,1-4H3. The zero-order chi connectivity index (χ0) is 18.5. The summed E-state index contributed by atoms with van der Waals surface area (Å²) >= 11 is 0. The maximum Gasteiger partial charge on any atom is 0.358 e. The second-order valence-corrected chi connectivity index (χ2v) is 12.2. The van der Waals surface area contributed by atoms with E-state index >= 15 is 0 Å². The van der Waals surface area contributed by atoms with Crippen molar-refractivity contribution in [3.63, 3.8) is 0 Å². The smallest absolute Gasteiger partial charge is 0.358 e. The van der Waals surface area contributed by atoms with Crippen LogP contribution in [0.5, 0.6) is 0 Å². The molecule has 1 rings (SSSR count). The molecule has 0 aromatic carbocycles. The van der Waals surface area contributed by atoms with E-state index in [9.17, 15) is 18.0 Å². The minimum atomic E-state index is -2.99. The van der Waals surface area contributed by atoms with E-state index in [-0.39, 0.29) is 23.8 Å². The average molecular weight is 367 g/mol. The summed E-state index contributed by atoms with van der Waals surface area (Å²) in [5, 5.41) is 3.86. The fourth-order valence-electron chi connectivity index (χ4n) is 1.96. The maximum atomic E-state index is 12.9. The van der Waals surface area contributed by atoms with Gasteiger partial charge in [-0.1, -0.05) is 19.6 Å². The Balaban J connectivity index is 3.03. The van der Waals surface area contributed by atoms with Crippen LogP contribution >= 0.6 is 0 Å². The Hall–Kier alpha value is -1.55. The van der Waals surface area contributed by atoms with Gasteiger partial charge in [-0.3, -0.25) is 4.39 Å². The molecule has 1 atom stereocenters. The molecule has 0 aliphatic carbocycles. The Morgan fingerprint density at radius 2 is 2.00 bits per heavy atom. The second-order valence-electron chi connectivity index (χ2n) is 6.58. The quantitative estimate of drug-likeness (QED) is 0.412. The number of hydrogen-bond donors (Lipinski definition) is 1. The van der Waals surface area contributed by atoms with Gasteiger partial charge >= 0.3 is 5.97 Å². The summed E-state index contributed by atoms with van der Waals surface area (Å²) in [4.78, 5) is 11.8. The molecule has 0 aliphatic rings. The van der Waals surface area contributed by atoms with Crippen LogP contribution in [0.3, 0.4) is 0 Å². The zero-order valence-electron chi connectivity index (χ0n) is 14.3. The molecule has 0 spiro atoms. The minimum Gasteiger partial charge on any atom is -0.464 e. The summed E-state index contributed by atoms with van der Waals surface area (Å²) in [6.45, 7) is 5.47. The molecule has 1 heterocycles. The molecule has 0 fully saturated rings. The van der Waals surface area contributed by atoms with E-state index in [1.165, 1.54) is 0 Å². The van der Waals surface area contributed by atoms with Crippen molar-refractivity contribution in [1.82, 2.24) is 9.78 Å². The van der Waals surface area contributed by atoms with Gasteiger partial charge in [0.15, 0.2) is 5.69 Å². The molecule has 24 heavy (non-hydrogen) atoms. The lowest BCUT2D eigenvalue weighted by molar-refractivity contribution is 0.0517. The van der Waals surface area contributed by atoms with Crippen LogP contribution in [0, 0.1) is 0 Å². The molecule has 0 saturated heterocycles. The molecule has 0 saturated carbocycles. The fraction of sp³-hybridized carbons (Fsp3) is 0.714. The predicted octanol–water partition coefficient (Wildman–Crippen LogP) is 2.88. The fourth-order valence-corrected chi connectivity index (χ4v) is 2.72. The Morgan fingerprint density at radius 1 is 1.38 bits per heavy atom. The molecule has 1 unspecified atom stereocenters. The first kappa shape index (κ1) is 20.5. The number of carbonyl (C=O) groups excluding carboxylic acids is 1. The summed E-state index contributed by atoms with van der Waals surface area (Å²) < 4.78 is 49.9. The van der Waals surface area contributed by atoms with Gasteiger partial charge in [0, 0.05) is 14.7 Å². The number of aromatic nitrogens is 2. The van der Waals surface area contributed by atoms with Crippen molar-refractivity contribution in [2.75, 3.05) is 26.1 Å². The lowest BCUT2D eigenvalue weighted by atomic mass is 10.1. The SMILES string of the molecule is COC(=O)c1c(N)c(C(CF)C(F)F)nn1COCC[Si](C)(C)C. The Bertz CT molecular complexity index is 561. The molecule has 0 aliphatic heterocycles. The topological polar surface area (TPSA) is 79.4 Å². The third-order valence-electron chi connectivity index (χ3n) is 3.43. The first-order valence-corrected chi connectivity index (χ1v) is 11.2. The van der Waals surface area contributed by atoms with Crippen molar-refractivity contribution in [3.05, 3.63) is 11.4 Å². The number of nitrogens with two attached hydrogens (primary N) is 1. The monoisotopic (exact) mass is 367 g/mol. The zero-order valence-corrected chi connectivity index (χ0v) is 15.3. The van der Waals surface area contributed by atoms with Crippen LogP contribution in [0.1, 0.15) is 22.1 Å². The molecule has 0 bridgehead atoms. The van der Waals surface area contributed by atoms with Crippen molar-refractivity contribution < 1.29 is 27.4 Å². The summed E-state index contributed by atoms with van der Waals surface area (Å²) in [7, 11) is -0.172. The largest absolute Gasteiger partial charge is 0.464 e. The molecule has 0 radical (unpaired) electrons. The second kappa shape index (κ2) is 8.52.